The van der Waals surface area contributed by atoms with Gasteiger partial charge in [0.25, 0.3) is 0 Å². The molecular formula is C47H27NOS. The van der Waals surface area contributed by atoms with Gasteiger partial charge in [0.05, 0.1) is 16.6 Å². The Balaban J connectivity index is 1.16. The first-order valence-electron chi connectivity index (χ1n) is 16.9. The van der Waals surface area contributed by atoms with E-state index in [1.165, 1.54) is 58.4 Å². The van der Waals surface area contributed by atoms with Crippen LogP contribution in [0.15, 0.2) is 168 Å². The first kappa shape index (κ1) is 27.6. The van der Waals surface area contributed by atoms with Gasteiger partial charge in [-0.1, -0.05) is 127 Å². The zero-order valence-electron chi connectivity index (χ0n) is 26.9. The van der Waals surface area contributed by atoms with Crippen molar-refractivity contribution in [3.63, 3.8) is 0 Å². The standard InChI is InChI=1S/C47H27NOS/c1-2-10-32-26-33(21-16-28(32)8-1)39-27-40(31-19-17-30(18-20-31)35-13-7-14-38-36-12-5-6-15-43(36)50-47(35)38)48-46-37(39)23-25-42-45(46)44-34-11-4-3-9-29(34)22-24-41(44)49-42/h1-27H. The zero-order chi connectivity index (χ0) is 32.8. The lowest BCUT2D eigenvalue weighted by atomic mass is 9.94. The predicted molar refractivity (Wildman–Crippen MR) is 213 cm³/mol. The van der Waals surface area contributed by atoms with Crippen LogP contribution in [-0.4, -0.2) is 4.98 Å². The second-order valence-electron chi connectivity index (χ2n) is 13.1. The van der Waals surface area contributed by atoms with E-state index >= 15 is 0 Å². The molecule has 50 heavy (non-hydrogen) atoms. The van der Waals surface area contributed by atoms with Crippen molar-refractivity contribution in [1.82, 2.24) is 4.98 Å². The van der Waals surface area contributed by atoms with Crippen LogP contribution in [-0.2, 0) is 0 Å². The van der Waals surface area contributed by atoms with Crippen LogP contribution in [0.5, 0.6) is 0 Å². The molecule has 0 amide bonds. The van der Waals surface area contributed by atoms with Crippen LogP contribution in [0.4, 0.5) is 0 Å². The Morgan fingerprint density at radius 2 is 1.10 bits per heavy atom. The van der Waals surface area contributed by atoms with E-state index in [1.54, 1.807) is 0 Å². The number of benzene rings is 8. The monoisotopic (exact) mass is 653 g/mol. The lowest BCUT2D eigenvalue weighted by Gasteiger charge is -2.13. The summed E-state index contributed by atoms with van der Waals surface area (Å²) in [6.07, 6.45) is 0. The van der Waals surface area contributed by atoms with E-state index in [9.17, 15) is 0 Å². The molecule has 3 heteroatoms. The first-order valence-corrected chi connectivity index (χ1v) is 17.8. The number of pyridine rings is 1. The van der Waals surface area contributed by atoms with Crippen molar-refractivity contribution >= 4 is 85.9 Å². The third-order valence-electron chi connectivity index (χ3n) is 10.3. The Hall–Kier alpha value is -6.29. The second-order valence-corrected chi connectivity index (χ2v) is 14.1. The minimum absolute atomic E-state index is 0.852. The Morgan fingerprint density at radius 3 is 2.00 bits per heavy atom. The molecule has 0 unspecified atom stereocenters. The molecule has 0 aliphatic heterocycles. The van der Waals surface area contributed by atoms with Gasteiger partial charge in [-0.05, 0) is 80.2 Å². The molecule has 0 aliphatic rings. The van der Waals surface area contributed by atoms with Gasteiger partial charge in [0.15, 0.2) is 0 Å². The summed E-state index contributed by atoms with van der Waals surface area (Å²) in [5.41, 5.74) is 9.50. The van der Waals surface area contributed by atoms with Crippen LogP contribution in [0.25, 0.3) is 108 Å². The van der Waals surface area contributed by atoms with Crippen LogP contribution in [0.1, 0.15) is 0 Å². The molecular weight excluding hydrogens is 627 g/mol. The van der Waals surface area contributed by atoms with Gasteiger partial charge in [-0.3, -0.25) is 0 Å². The Bertz CT molecular complexity index is 3150. The molecule has 0 bridgehead atoms. The maximum absolute atomic E-state index is 6.50. The molecule has 3 heterocycles. The molecule has 232 valence electrons. The van der Waals surface area contributed by atoms with Gasteiger partial charge in [0.1, 0.15) is 11.2 Å². The quantitative estimate of drug-likeness (QED) is 0.190. The molecule has 11 rings (SSSR count). The largest absolute Gasteiger partial charge is 0.456 e. The number of hydrogen-bond donors (Lipinski definition) is 0. The number of rotatable bonds is 3. The lowest BCUT2D eigenvalue weighted by Crippen LogP contribution is -1.91. The molecule has 0 saturated carbocycles. The number of aromatic nitrogens is 1. The number of furan rings is 1. The minimum atomic E-state index is 0.852. The fourth-order valence-electron chi connectivity index (χ4n) is 7.85. The number of fused-ring (bicyclic) bond motifs is 11. The van der Waals surface area contributed by atoms with E-state index in [0.29, 0.717) is 0 Å². The summed E-state index contributed by atoms with van der Waals surface area (Å²) >= 11 is 1.87. The maximum Gasteiger partial charge on any atom is 0.137 e. The second kappa shape index (κ2) is 10.6. The summed E-state index contributed by atoms with van der Waals surface area (Å²) in [5.74, 6) is 0. The first-order chi connectivity index (χ1) is 24.8. The lowest BCUT2D eigenvalue weighted by molar-refractivity contribution is 0.669. The molecule has 0 spiro atoms. The van der Waals surface area contributed by atoms with E-state index in [2.05, 4.69) is 164 Å². The van der Waals surface area contributed by atoms with Gasteiger partial charge >= 0.3 is 0 Å². The van der Waals surface area contributed by atoms with Gasteiger partial charge in [-0.2, -0.15) is 0 Å². The van der Waals surface area contributed by atoms with E-state index < -0.39 is 0 Å². The highest BCUT2D eigenvalue weighted by molar-refractivity contribution is 7.26. The highest BCUT2D eigenvalue weighted by Gasteiger charge is 2.19. The van der Waals surface area contributed by atoms with E-state index in [0.717, 1.165) is 49.7 Å². The predicted octanol–water partition coefficient (Wildman–Crippen LogP) is 13.8. The fourth-order valence-corrected chi connectivity index (χ4v) is 9.09. The third kappa shape index (κ3) is 4.11. The number of hydrogen-bond acceptors (Lipinski definition) is 3. The van der Waals surface area contributed by atoms with Crippen molar-refractivity contribution in [2.75, 3.05) is 0 Å². The van der Waals surface area contributed by atoms with Gasteiger partial charge in [-0.15, -0.1) is 11.3 Å². The van der Waals surface area contributed by atoms with Gasteiger partial charge in [-0.25, -0.2) is 4.98 Å². The maximum atomic E-state index is 6.50. The third-order valence-corrected chi connectivity index (χ3v) is 11.5. The number of thiophene rings is 1. The molecule has 3 aromatic heterocycles. The fraction of sp³-hybridized carbons (Fsp3) is 0. The van der Waals surface area contributed by atoms with E-state index in [1.807, 2.05) is 11.3 Å². The molecule has 0 N–H and O–H groups in total. The average Bonchev–Trinajstić information content (AvgIpc) is 3.77. The summed E-state index contributed by atoms with van der Waals surface area (Å²) < 4.78 is 9.14. The highest BCUT2D eigenvalue weighted by Crippen LogP contribution is 2.43. The van der Waals surface area contributed by atoms with E-state index in [-0.39, 0.29) is 0 Å². The van der Waals surface area contributed by atoms with Crippen LogP contribution < -0.4 is 0 Å². The van der Waals surface area contributed by atoms with E-state index in [4.69, 9.17) is 9.40 Å². The summed E-state index contributed by atoms with van der Waals surface area (Å²) in [6, 6.07) is 58.9. The van der Waals surface area contributed by atoms with Crippen molar-refractivity contribution in [3.05, 3.63) is 164 Å². The Labute approximate surface area is 291 Å². The molecule has 0 fully saturated rings. The Kier molecular flexibility index (Phi) is 5.86. The molecule has 0 saturated heterocycles. The average molecular weight is 654 g/mol. The molecule has 8 aromatic carbocycles. The highest BCUT2D eigenvalue weighted by atomic mass is 32.1. The summed E-state index contributed by atoms with van der Waals surface area (Å²) in [5, 5.41) is 10.7. The van der Waals surface area contributed by atoms with Gasteiger partial charge in [0.2, 0.25) is 0 Å². The molecule has 0 atom stereocenters. The van der Waals surface area contributed by atoms with Crippen molar-refractivity contribution in [2.24, 2.45) is 0 Å². The van der Waals surface area contributed by atoms with Crippen molar-refractivity contribution in [3.8, 4) is 33.5 Å². The molecule has 0 aliphatic carbocycles. The SMILES string of the molecule is c1ccc2cc(-c3cc(-c4ccc(-c5cccc6c5sc5ccccc56)cc4)nc4c3ccc3oc5ccc6ccccc6c5c34)ccc2c1. The molecule has 11 aromatic rings. The molecule has 0 radical (unpaired) electrons. The van der Waals surface area contributed by atoms with Gasteiger partial charge < -0.3 is 4.42 Å². The molecule has 2 nitrogen and oxygen atoms in total. The number of nitrogens with zero attached hydrogens (tertiary/aromatic N) is 1. The van der Waals surface area contributed by atoms with Gasteiger partial charge in [0, 0.05) is 36.5 Å². The van der Waals surface area contributed by atoms with Crippen molar-refractivity contribution in [2.45, 2.75) is 0 Å². The van der Waals surface area contributed by atoms with Crippen LogP contribution >= 0.6 is 11.3 Å². The minimum Gasteiger partial charge on any atom is -0.456 e. The normalized spacial score (nSPS) is 12.0. The summed E-state index contributed by atoms with van der Waals surface area (Å²) in [6.45, 7) is 0. The van der Waals surface area contributed by atoms with Crippen molar-refractivity contribution < 1.29 is 4.42 Å². The summed E-state index contributed by atoms with van der Waals surface area (Å²) in [7, 11) is 0. The smallest absolute Gasteiger partial charge is 0.137 e. The van der Waals surface area contributed by atoms with Crippen molar-refractivity contribution in [1.29, 1.82) is 0 Å². The Morgan fingerprint density at radius 1 is 0.420 bits per heavy atom. The zero-order valence-corrected chi connectivity index (χ0v) is 27.7. The topological polar surface area (TPSA) is 26.0 Å². The van der Waals surface area contributed by atoms with Crippen LogP contribution in [0.2, 0.25) is 0 Å². The van der Waals surface area contributed by atoms with Crippen LogP contribution in [0, 0.1) is 0 Å². The van der Waals surface area contributed by atoms with Crippen LogP contribution in [0.3, 0.4) is 0 Å². The summed E-state index contributed by atoms with van der Waals surface area (Å²) in [4.78, 5) is 5.47.